The van der Waals surface area contributed by atoms with Crippen molar-refractivity contribution >= 4 is 27.6 Å². The molecule has 1 atom stereocenters. The number of aliphatic hydroxyl groups is 2. The average Bonchev–Trinajstić information content (AvgIpc) is 2.37. The van der Waals surface area contributed by atoms with E-state index in [0.717, 1.165) is 12.1 Å². The molecule has 0 saturated carbocycles. The van der Waals surface area contributed by atoms with Crippen molar-refractivity contribution in [3.05, 3.63) is 28.8 Å². The molecule has 112 valence electrons. The van der Waals surface area contributed by atoms with Gasteiger partial charge in [0.25, 0.3) is 0 Å². The third-order valence-corrected chi connectivity index (χ3v) is 4.33. The van der Waals surface area contributed by atoms with E-state index in [1.54, 1.807) is 0 Å². The molecule has 0 spiro atoms. The van der Waals surface area contributed by atoms with Gasteiger partial charge in [0.05, 0.1) is 22.8 Å². The summed E-state index contributed by atoms with van der Waals surface area (Å²) in [6.45, 7) is 0.155. The quantitative estimate of drug-likeness (QED) is 0.587. The van der Waals surface area contributed by atoms with Crippen molar-refractivity contribution in [1.29, 1.82) is 0 Å². The molecule has 7 nitrogen and oxygen atoms in total. The van der Waals surface area contributed by atoms with E-state index in [1.165, 1.54) is 13.0 Å². The van der Waals surface area contributed by atoms with E-state index < -0.39 is 39.6 Å². The smallest absolute Gasteiger partial charge is 0.335 e. The van der Waals surface area contributed by atoms with E-state index >= 15 is 0 Å². The Morgan fingerprint density at radius 1 is 1.45 bits per heavy atom. The lowest BCUT2D eigenvalue weighted by Gasteiger charge is -2.20. The van der Waals surface area contributed by atoms with E-state index in [0.29, 0.717) is 0 Å². The SMILES string of the molecule is CC(O)(CO)CNS(=O)(=O)c1cc(C(=O)O)ccc1Cl. The number of sulfonamides is 1. The molecule has 0 bridgehead atoms. The molecular formula is C11H14ClNO6S. The minimum absolute atomic E-state index is 0.147. The number of hydrogen-bond acceptors (Lipinski definition) is 5. The Labute approximate surface area is 120 Å². The van der Waals surface area contributed by atoms with E-state index in [4.69, 9.17) is 21.8 Å². The minimum atomic E-state index is -4.11. The van der Waals surface area contributed by atoms with Crippen LogP contribution in [0.4, 0.5) is 0 Å². The Morgan fingerprint density at radius 3 is 2.55 bits per heavy atom. The highest BCUT2D eigenvalue weighted by atomic mass is 35.5. The molecule has 0 saturated heterocycles. The van der Waals surface area contributed by atoms with E-state index in [1.807, 2.05) is 0 Å². The predicted molar refractivity (Wildman–Crippen MR) is 71.3 cm³/mol. The van der Waals surface area contributed by atoms with Crippen LogP contribution < -0.4 is 4.72 Å². The standard InChI is InChI=1S/C11H14ClNO6S/c1-11(17,6-14)5-13-20(18,19)9-4-7(10(15)16)2-3-8(9)12/h2-4,13-14,17H,5-6H2,1H3,(H,15,16). The topological polar surface area (TPSA) is 124 Å². The summed E-state index contributed by atoms with van der Waals surface area (Å²) in [5.41, 5.74) is -1.87. The molecule has 4 N–H and O–H groups in total. The van der Waals surface area contributed by atoms with E-state index in [9.17, 15) is 18.3 Å². The Morgan fingerprint density at radius 2 is 2.05 bits per heavy atom. The zero-order valence-electron chi connectivity index (χ0n) is 10.5. The zero-order valence-corrected chi connectivity index (χ0v) is 12.1. The fourth-order valence-corrected chi connectivity index (χ4v) is 2.91. The van der Waals surface area contributed by atoms with Gasteiger partial charge in [0.15, 0.2) is 0 Å². The Hall–Kier alpha value is -1.19. The molecule has 20 heavy (non-hydrogen) atoms. The number of rotatable bonds is 6. The van der Waals surface area contributed by atoms with Gasteiger partial charge < -0.3 is 15.3 Å². The number of carboxylic acids is 1. The maximum atomic E-state index is 12.0. The van der Waals surface area contributed by atoms with Gasteiger partial charge in [-0.15, -0.1) is 0 Å². The number of nitrogens with one attached hydrogen (secondary N) is 1. The highest BCUT2D eigenvalue weighted by Gasteiger charge is 2.25. The second kappa shape index (κ2) is 6.06. The third kappa shape index (κ3) is 4.15. The number of halogens is 1. The number of benzene rings is 1. The lowest BCUT2D eigenvalue weighted by atomic mass is 10.1. The molecule has 1 aromatic carbocycles. The van der Waals surface area contributed by atoms with Crippen LogP contribution in [-0.4, -0.2) is 48.5 Å². The van der Waals surface area contributed by atoms with Crippen LogP contribution in [0.2, 0.25) is 5.02 Å². The van der Waals surface area contributed by atoms with E-state index in [-0.39, 0.29) is 10.6 Å². The molecule has 1 unspecified atom stereocenters. The second-order valence-corrected chi connectivity index (χ2v) is 6.57. The highest BCUT2D eigenvalue weighted by Crippen LogP contribution is 2.22. The molecule has 0 aromatic heterocycles. The van der Waals surface area contributed by atoms with Crippen molar-refractivity contribution in [3.8, 4) is 0 Å². The monoisotopic (exact) mass is 323 g/mol. The summed E-state index contributed by atoms with van der Waals surface area (Å²) < 4.78 is 26.1. The summed E-state index contributed by atoms with van der Waals surface area (Å²) in [7, 11) is -4.11. The van der Waals surface area contributed by atoms with Gasteiger partial charge >= 0.3 is 5.97 Å². The number of aromatic carboxylic acids is 1. The fourth-order valence-electron chi connectivity index (χ4n) is 1.23. The first kappa shape index (κ1) is 16.9. The third-order valence-electron chi connectivity index (χ3n) is 2.45. The van der Waals surface area contributed by atoms with Crippen molar-refractivity contribution in [2.75, 3.05) is 13.2 Å². The van der Waals surface area contributed by atoms with Crippen LogP contribution in [0.1, 0.15) is 17.3 Å². The van der Waals surface area contributed by atoms with Crippen LogP contribution in [0.15, 0.2) is 23.1 Å². The second-order valence-electron chi connectivity index (χ2n) is 4.43. The summed E-state index contributed by atoms with van der Waals surface area (Å²) in [4.78, 5) is 10.4. The maximum absolute atomic E-state index is 12.0. The molecule has 0 fully saturated rings. The van der Waals surface area contributed by atoms with Crippen LogP contribution in [-0.2, 0) is 10.0 Å². The van der Waals surface area contributed by atoms with Gasteiger partial charge in [-0.05, 0) is 25.1 Å². The molecule has 0 aliphatic carbocycles. The van der Waals surface area contributed by atoms with Crippen LogP contribution in [0.25, 0.3) is 0 Å². The largest absolute Gasteiger partial charge is 0.478 e. The summed E-state index contributed by atoms with van der Waals surface area (Å²) >= 11 is 5.75. The lowest BCUT2D eigenvalue weighted by molar-refractivity contribution is 0.00681. The molecule has 0 amide bonds. The molecule has 0 radical (unpaired) electrons. The molecule has 0 heterocycles. The molecular weight excluding hydrogens is 310 g/mol. The number of carboxylic acid groups (broad SMARTS) is 1. The number of carbonyl (C=O) groups is 1. The van der Waals surface area contributed by atoms with Crippen LogP contribution >= 0.6 is 11.6 Å². The number of aliphatic hydroxyl groups excluding tert-OH is 1. The summed E-state index contributed by atoms with van der Waals surface area (Å²) in [5.74, 6) is -1.29. The lowest BCUT2D eigenvalue weighted by Crippen LogP contribution is -2.43. The van der Waals surface area contributed by atoms with Crippen molar-refractivity contribution in [2.45, 2.75) is 17.4 Å². The normalized spacial score (nSPS) is 14.8. The number of hydrogen-bond donors (Lipinski definition) is 4. The van der Waals surface area contributed by atoms with E-state index in [2.05, 4.69) is 4.72 Å². The van der Waals surface area contributed by atoms with Gasteiger partial charge in [-0.3, -0.25) is 0 Å². The average molecular weight is 324 g/mol. The molecule has 9 heteroatoms. The zero-order chi connectivity index (χ0) is 15.6. The minimum Gasteiger partial charge on any atom is -0.478 e. The predicted octanol–water partition coefficient (Wildman–Crippen LogP) is 0.0598. The molecule has 0 aliphatic heterocycles. The van der Waals surface area contributed by atoms with Crippen molar-refractivity contribution < 1.29 is 28.5 Å². The van der Waals surface area contributed by atoms with Gasteiger partial charge in [0.2, 0.25) is 10.0 Å². The summed E-state index contributed by atoms with van der Waals surface area (Å²) in [6, 6.07) is 3.25. The van der Waals surface area contributed by atoms with Crippen molar-refractivity contribution in [2.24, 2.45) is 0 Å². The van der Waals surface area contributed by atoms with Crippen LogP contribution in [0, 0.1) is 0 Å². The van der Waals surface area contributed by atoms with Gasteiger partial charge in [-0.25, -0.2) is 17.9 Å². The first-order valence-corrected chi connectivity index (χ1v) is 7.31. The highest BCUT2D eigenvalue weighted by molar-refractivity contribution is 7.89. The Kier molecular flexibility index (Phi) is 5.11. The maximum Gasteiger partial charge on any atom is 0.335 e. The van der Waals surface area contributed by atoms with Gasteiger partial charge in [-0.1, -0.05) is 11.6 Å². The molecule has 0 aliphatic rings. The molecule has 1 aromatic rings. The fraction of sp³-hybridized carbons (Fsp3) is 0.364. The van der Waals surface area contributed by atoms with Crippen molar-refractivity contribution in [3.63, 3.8) is 0 Å². The summed E-state index contributed by atoms with van der Waals surface area (Å²) in [5, 5.41) is 27.1. The van der Waals surface area contributed by atoms with Crippen LogP contribution in [0.5, 0.6) is 0 Å². The van der Waals surface area contributed by atoms with Crippen LogP contribution in [0.3, 0.4) is 0 Å². The van der Waals surface area contributed by atoms with Gasteiger partial charge in [-0.2, -0.15) is 0 Å². The Bertz CT molecular complexity index is 613. The molecule has 1 rings (SSSR count). The summed E-state index contributed by atoms with van der Waals surface area (Å²) in [6.07, 6.45) is 0. The van der Waals surface area contributed by atoms with Gasteiger partial charge in [0.1, 0.15) is 4.90 Å². The van der Waals surface area contributed by atoms with Gasteiger partial charge in [0, 0.05) is 6.54 Å². The first-order chi connectivity index (χ1) is 9.09. The Balaban J connectivity index is 3.09. The first-order valence-electron chi connectivity index (χ1n) is 5.45. The van der Waals surface area contributed by atoms with Crippen molar-refractivity contribution in [1.82, 2.24) is 4.72 Å².